The Bertz CT molecular complexity index is 815. The third-order valence-corrected chi connectivity index (χ3v) is 8.16. The summed E-state index contributed by atoms with van der Waals surface area (Å²) in [6.45, 7) is 6.38. The van der Waals surface area contributed by atoms with Gasteiger partial charge in [-0.05, 0) is 51.4 Å². The molecule has 0 amide bonds. The van der Waals surface area contributed by atoms with Crippen LogP contribution in [0.1, 0.15) is 188 Å². The third-order valence-electron chi connectivity index (χ3n) is 8.16. The van der Waals surface area contributed by atoms with Crippen LogP contribution in [0.2, 0.25) is 0 Å². The van der Waals surface area contributed by atoms with Gasteiger partial charge in [0.1, 0.15) is 13.2 Å². The van der Waals surface area contributed by atoms with E-state index in [2.05, 4.69) is 57.2 Å². The fourth-order valence-electron chi connectivity index (χ4n) is 5.22. The van der Waals surface area contributed by atoms with Crippen molar-refractivity contribution in [3.8, 4) is 0 Å². The molecule has 0 aliphatic carbocycles. The zero-order valence-electron chi connectivity index (χ0n) is 30.8. The second-order valence-electron chi connectivity index (χ2n) is 12.8. The summed E-state index contributed by atoms with van der Waals surface area (Å²) in [6.07, 6.45) is 38.7. The molecule has 0 rings (SSSR count). The molecule has 6 nitrogen and oxygen atoms in total. The van der Waals surface area contributed by atoms with Crippen molar-refractivity contribution in [1.29, 1.82) is 0 Å². The molecule has 0 spiro atoms. The first-order valence-electron chi connectivity index (χ1n) is 19.5. The van der Waals surface area contributed by atoms with E-state index >= 15 is 0 Å². The van der Waals surface area contributed by atoms with Crippen LogP contribution in [0.4, 0.5) is 0 Å². The number of unbranched alkanes of at least 4 members (excludes halogenated alkanes) is 17. The summed E-state index contributed by atoms with van der Waals surface area (Å²) < 4.78 is 16.5. The van der Waals surface area contributed by atoms with E-state index in [0.29, 0.717) is 19.3 Å². The molecule has 272 valence electrons. The van der Waals surface area contributed by atoms with Crippen molar-refractivity contribution >= 4 is 17.9 Å². The summed E-state index contributed by atoms with van der Waals surface area (Å²) in [5.41, 5.74) is 0. The van der Waals surface area contributed by atoms with Crippen molar-refractivity contribution in [2.45, 2.75) is 194 Å². The largest absolute Gasteiger partial charge is 0.462 e. The maximum Gasteiger partial charge on any atom is 0.306 e. The quantitative estimate of drug-likeness (QED) is 0.0296. The maximum absolute atomic E-state index is 12.6. The SMILES string of the molecule is CC/C=C\C/C=C\C/C=C\CCCCCC(=O)OCC(COC(=O)CCCCCCC)OC(=O)CCCCCCCCCCCCC. The minimum absolute atomic E-state index is 0.0813. The third kappa shape index (κ3) is 34.8. The Morgan fingerprint density at radius 3 is 1.30 bits per heavy atom. The number of carbonyl (C=O) groups is 3. The van der Waals surface area contributed by atoms with Crippen LogP contribution in [-0.4, -0.2) is 37.2 Å². The van der Waals surface area contributed by atoms with E-state index in [1.54, 1.807) is 0 Å². The van der Waals surface area contributed by atoms with Crippen molar-refractivity contribution < 1.29 is 28.6 Å². The van der Waals surface area contributed by atoms with Gasteiger partial charge in [-0.25, -0.2) is 0 Å². The molecule has 0 radical (unpaired) electrons. The van der Waals surface area contributed by atoms with E-state index in [0.717, 1.165) is 89.9 Å². The summed E-state index contributed by atoms with van der Waals surface area (Å²) in [5, 5.41) is 0. The number of hydrogen-bond acceptors (Lipinski definition) is 6. The lowest BCUT2D eigenvalue weighted by molar-refractivity contribution is -0.167. The van der Waals surface area contributed by atoms with Gasteiger partial charge < -0.3 is 14.2 Å². The summed E-state index contributed by atoms with van der Waals surface area (Å²) >= 11 is 0. The van der Waals surface area contributed by atoms with Gasteiger partial charge in [0.2, 0.25) is 0 Å². The van der Waals surface area contributed by atoms with Gasteiger partial charge >= 0.3 is 17.9 Å². The van der Waals surface area contributed by atoms with Gasteiger partial charge in [0.15, 0.2) is 6.10 Å². The van der Waals surface area contributed by atoms with Crippen LogP contribution in [0.25, 0.3) is 0 Å². The van der Waals surface area contributed by atoms with Gasteiger partial charge in [0.25, 0.3) is 0 Å². The van der Waals surface area contributed by atoms with E-state index in [9.17, 15) is 14.4 Å². The number of ether oxygens (including phenoxy) is 3. The van der Waals surface area contributed by atoms with Crippen molar-refractivity contribution in [3.63, 3.8) is 0 Å². The Morgan fingerprint density at radius 2 is 0.830 bits per heavy atom. The first kappa shape index (κ1) is 44.6. The highest BCUT2D eigenvalue weighted by Crippen LogP contribution is 2.13. The molecule has 0 aromatic rings. The van der Waals surface area contributed by atoms with Crippen molar-refractivity contribution in [2.24, 2.45) is 0 Å². The molecule has 0 aliphatic heterocycles. The van der Waals surface area contributed by atoms with Crippen molar-refractivity contribution in [2.75, 3.05) is 13.2 Å². The molecular weight excluding hydrogens is 588 g/mol. The molecule has 6 heteroatoms. The Morgan fingerprint density at radius 1 is 0.447 bits per heavy atom. The van der Waals surface area contributed by atoms with Gasteiger partial charge in [-0.15, -0.1) is 0 Å². The molecule has 0 N–H and O–H groups in total. The Hall–Kier alpha value is -2.37. The number of rotatable bonds is 34. The molecule has 47 heavy (non-hydrogen) atoms. The van der Waals surface area contributed by atoms with Crippen LogP contribution in [0, 0.1) is 0 Å². The number of hydrogen-bond donors (Lipinski definition) is 0. The lowest BCUT2D eigenvalue weighted by Gasteiger charge is -2.18. The molecule has 0 aliphatic rings. The van der Waals surface area contributed by atoms with Crippen molar-refractivity contribution in [1.82, 2.24) is 0 Å². The number of carbonyl (C=O) groups excluding carboxylic acids is 3. The van der Waals surface area contributed by atoms with E-state index in [1.807, 2.05) is 0 Å². The molecule has 0 saturated carbocycles. The first-order chi connectivity index (χ1) is 23.0. The van der Waals surface area contributed by atoms with E-state index < -0.39 is 6.10 Å². The molecular formula is C41H72O6. The first-order valence-corrected chi connectivity index (χ1v) is 19.5. The molecule has 0 bridgehead atoms. The van der Waals surface area contributed by atoms with Gasteiger partial charge in [0, 0.05) is 19.3 Å². The van der Waals surface area contributed by atoms with Crippen molar-refractivity contribution in [3.05, 3.63) is 36.5 Å². The van der Waals surface area contributed by atoms with Crippen LogP contribution in [-0.2, 0) is 28.6 Å². The van der Waals surface area contributed by atoms with Gasteiger partial charge in [-0.3, -0.25) is 14.4 Å². The zero-order chi connectivity index (χ0) is 34.5. The summed E-state index contributed by atoms with van der Waals surface area (Å²) in [6, 6.07) is 0. The highest BCUT2D eigenvalue weighted by Gasteiger charge is 2.19. The average molecular weight is 661 g/mol. The second-order valence-corrected chi connectivity index (χ2v) is 12.8. The predicted octanol–water partition coefficient (Wildman–Crippen LogP) is 11.9. The number of allylic oxidation sites excluding steroid dienone is 6. The van der Waals surface area contributed by atoms with Crippen LogP contribution in [0.15, 0.2) is 36.5 Å². The smallest absolute Gasteiger partial charge is 0.306 e. The Labute approximate surface area is 289 Å². The minimum Gasteiger partial charge on any atom is -0.462 e. The number of esters is 3. The van der Waals surface area contributed by atoms with Crippen LogP contribution in [0.5, 0.6) is 0 Å². The van der Waals surface area contributed by atoms with Gasteiger partial charge in [-0.1, -0.05) is 154 Å². The molecule has 0 heterocycles. The zero-order valence-corrected chi connectivity index (χ0v) is 30.8. The normalized spacial score (nSPS) is 12.3. The molecule has 0 saturated heterocycles. The topological polar surface area (TPSA) is 78.9 Å². The fourth-order valence-corrected chi connectivity index (χ4v) is 5.22. The lowest BCUT2D eigenvalue weighted by atomic mass is 10.1. The van der Waals surface area contributed by atoms with Crippen LogP contribution < -0.4 is 0 Å². The predicted molar refractivity (Wildman–Crippen MR) is 196 cm³/mol. The van der Waals surface area contributed by atoms with E-state index in [-0.39, 0.29) is 31.1 Å². The molecule has 0 aromatic carbocycles. The van der Waals surface area contributed by atoms with Crippen LogP contribution in [0.3, 0.4) is 0 Å². The van der Waals surface area contributed by atoms with Gasteiger partial charge in [0.05, 0.1) is 0 Å². The Balaban J connectivity index is 4.33. The lowest BCUT2D eigenvalue weighted by Crippen LogP contribution is -2.30. The summed E-state index contributed by atoms with van der Waals surface area (Å²) in [4.78, 5) is 37.2. The molecule has 1 unspecified atom stereocenters. The molecule has 1 atom stereocenters. The summed E-state index contributed by atoms with van der Waals surface area (Å²) in [7, 11) is 0. The van der Waals surface area contributed by atoms with Crippen LogP contribution >= 0.6 is 0 Å². The fraction of sp³-hybridized carbons (Fsp3) is 0.780. The highest BCUT2D eigenvalue weighted by atomic mass is 16.6. The van der Waals surface area contributed by atoms with Gasteiger partial charge in [-0.2, -0.15) is 0 Å². The summed E-state index contributed by atoms with van der Waals surface area (Å²) in [5.74, 6) is -0.931. The molecule has 0 aromatic heterocycles. The van der Waals surface area contributed by atoms with E-state index in [4.69, 9.17) is 14.2 Å². The average Bonchev–Trinajstić information content (AvgIpc) is 3.06. The molecule has 0 fully saturated rings. The second kappa shape index (κ2) is 36.5. The standard InChI is InChI=1S/C41H72O6/c1-4-7-10-13-15-17-19-20-22-23-25-28-31-34-40(43)46-37-38(36-45-39(42)33-30-27-12-9-6-3)47-41(44)35-32-29-26-24-21-18-16-14-11-8-5-2/h7,10,15,17,20,22,38H,4-6,8-9,11-14,16,18-19,21,23-37H2,1-3H3/b10-7-,17-15-,22-20-. The minimum atomic E-state index is -0.773. The Kier molecular flexibility index (Phi) is 34.6. The monoisotopic (exact) mass is 661 g/mol. The van der Waals surface area contributed by atoms with E-state index in [1.165, 1.54) is 57.8 Å². The highest BCUT2D eigenvalue weighted by molar-refractivity contribution is 5.71. The maximum atomic E-state index is 12.6.